The van der Waals surface area contributed by atoms with Crippen LogP contribution in [0.2, 0.25) is 0 Å². The van der Waals surface area contributed by atoms with Crippen LogP contribution in [0, 0.1) is 0 Å². The van der Waals surface area contributed by atoms with Crippen LogP contribution in [-0.4, -0.2) is 41.8 Å². The number of nitrogens with zero attached hydrogens (tertiary/aromatic N) is 1. The zero-order valence-electron chi connectivity index (χ0n) is 8.51. The van der Waals surface area contributed by atoms with Crippen molar-refractivity contribution in [1.29, 1.82) is 0 Å². The maximum Gasteiger partial charge on any atom is 0.304 e. The van der Waals surface area contributed by atoms with Crippen molar-refractivity contribution in [3.63, 3.8) is 0 Å². The first-order valence-electron chi connectivity index (χ1n) is 4.67. The van der Waals surface area contributed by atoms with E-state index in [1.165, 1.54) is 0 Å². The summed E-state index contributed by atoms with van der Waals surface area (Å²) in [5.41, 5.74) is 0. The number of H-pyrrole nitrogens is 1. The highest BCUT2D eigenvalue weighted by Crippen LogP contribution is 1.92. The molecule has 90 valence electrons. The molecule has 1 rings (SSSR count). The van der Waals surface area contributed by atoms with Crippen molar-refractivity contribution in [3.05, 3.63) is 18.2 Å². The first-order valence-corrected chi connectivity index (χ1v) is 6.32. The molecule has 0 amide bonds. The SMILES string of the molecule is O=C(O)CCS(=O)(=O)NCCc1ncc[nH]1. The lowest BCUT2D eigenvalue weighted by atomic mass is 10.4. The van der Waals surface area contributed by atoms with Crippen LogP contribution in [0.1, 0.15) is 12.2 Å². The summed E-state index contributed by atoms with van der Waals surface area (Å²) in [5, 5.41) is 8.35. The number of rotatable bonds is 7. The number of aromatic nitrogens is 2. The van der Waals surface area contributed by atoms with Crippen LogP contribution in [0.25, 0.3) is 0 Å². The first kappa shape index (κ1) is 12.7. The molecule has 0 aliphatic carbocycles. The van der Waals surface area contributed by atoms with Gasteiger partial charge >= 0.3 is 5.97 Å². The molecule has 8 heteroatoms. The van der Waals surface area contributed by atoms with Gasteiger partial charge in [0.25, 0.3) is 0 Å². The Bertz CT molecular complexity index is 426. The highest BCUT2D eigenvalue weighted by Gasteiger charge is 2.11. The number of hydrogen-bond acceptors (Lipinski definition) is 4. The minimum atomic E-state index is -3.50. The Morgan fingerprint density at radius 1 is 1.56 bits per heavy atom. The lowest BCUT2D eigenvalue weighted by Crippen LogP contribution is -2.29. The Morgan fingerprint density at radius 2 is 2.31 bits per heavy atom. The molecule has 1 aromatic rings. The predicted molar refractivity (Wildman–Crippen MR) is 56.3 cm³/mol. The number of carboxylic acids is 1. The van der Waals surface area contributed by atoms with E-state index in [-0.39, 0.29) is 6.54 Å². The summed E-state index contributed by atoms with van der Waals surface area (Å²) in [4.78, 5) is 17.0. The fourth-order valence-electron chi connectivity index (χ4n) is 1.05. The molecule has 0 aliphatic rings. The average molecular weight is 247 g/mol. The van der Waals surface area contributed by atoms with Gasteiger partial charge in [0.1, 0.15) is 5.82 Å². The average Bonchev–Trinajstić information content (AvgIpc) is 2.68. The van der Waals surface area contributed by atoms with Crippen molar-refractivity contribution in [2.75, 3.05) is 12.3 Å². The maximum absolute atomic E-state index is 11.3. The van der Waals surface area contributed by atoms with E-state index >= 15 is 0 Å². The molecule has 0 unspecified atom stereocenters. The molecule has 0 aromatic carbocycles. The van der Waals surface area contributed by atoms with Gasteiger partial charge in [-0.15, -0.1) is 0 Å². The van der Waals surface area contributed by atoms with E-state index in [0.717, 1.165) is 0 Å². The summed E-state index contributed by atoms with van der Waals surface area (Å²) in [5.74, 6) is -0.849. The molecule has 1 aromatic heterocycles. The molecular formula is C8H13N3O4S. The summed E-state index contributed by atoms with van der Waals surface area (Å²) < 4.78 is 24.8. The number of carbonyl (C=O) groups is 1. The van der Waals surface area contributed by atoms with Crippen molar-refractivity contribution in [1.82, 2.24) is 14.7 Å². The molecule has 0 radical (unpaired) electrons. The highest BCUT2D eigenvalue weighted by atomic mass is 32.2. The van der Waals surface area contributed by atoms with Crippen LogP contribution in [-0.2, 0) is 21.2 Å². The Kier molecular flexibility index (Phi) is 4.44. The van der Waals surface area contributed by atoms with E-state index in [2.05, 4.69) is 14.7 Å². The molecule has 0 bridgehead atoms. The summed E-state index contributed by atoms with van der Waals surface area (Å²) in [6.07, 6.45) is 3.28. The molecule has 0 aliphatic heterocycles. The van der Waals surface area contributed by atoms with E-state index in [4.69, 9.17) is 5.11 Å². The van der Waals surface area contributed by atoms with Gasteiger partial charge in [0, 0.05) is 25.4 Å². The number of sulfonamides is 1. The number of nitrogens with one attached hydrogen (secondary N) is 2. The zero-order valence-corrected chi connectivity index (χ0v) is 9.33. The minimum Gasteiger partial charge on any atom is -0.481 e. The van der Waals surface area contributed by atoms with E-state index in [0.29, 0.717) is 12.2 Å². The number of hydrogen-bond donors (Lipinski definition) is 3. The monoisotopic (exact) mass is 247 g/mol. The number of aromatic amines is 1. The molecule has 0 saturated heterocycles. The quantitative estimate of drug-likeness (QED) is 0.592. The van der Waals surface area contributed by atoms with Crippen LogP contribution in [0.3, 0.4) is 0 Å². The van der Waals surface area contributed by atoms with Gasteiger partial charge < -0.3 is 10.1 Å². The molecule has 0 atom stereocenters. The minimum absolute atomic E-state index is 0.204. The number of aliphatic carboxylic acids is 1. The fourth-order valence-corrected chi connectivity index (χ4v) is 2.05. The molecule has 0 spiro atoms. The molecular weight excluding hydrogens is 234 g/mol. The van der Waals surface area contributed by atoms with Gasteiger partial charge in [0.15, 0.2) is 0 Å². The topological polar surface area (TPSA) is 112 Å². The Labute approximate surface area is 93.0 Å². The van der Waals surface area contributed by atoms with E-state index in [1.54, 1.807) is 12.4 Å². The third-order valence-electron chi connectivity index (χ3n) is 1.82. The molecule has 7 nitrogen and oxygen atoms in total. The Balaban J connectivity index is 2.28. The third-order valence-corrected chi connectivity index (χ3v) is 3.21. The van der Waals surface area contributed by atoms with Gasteiger partial charge in [-0.05, 0) is 0 Å². The normalized spacial score (nSPS) is 11.5. The molecule has 0 fully saturated rings. The second-order valence-corrected chi connectivity index (χ2v) is 5.07. The standard InChI is InChI=1S/C8H13N3O4S/c12-8(13)2-6-16(14,15)11-3-1-7-9-4-5-10-7/h4-5,11H,1-3,6H2,(H,9,10)(H,12,13). The summed E-state index contributed by atoms with van der Waals surface area (Å²) >= 11 is 0. The van der Waals surface area contributed by atoms with Crippen LogP contribution in [0.5, 0.6) is 0 Å². The van der Waals surface area contributed by atoms with Gasteiger partial charge in [-0.1, -0.05) is 0 Å². The summed E-state index contributed by atoms with van der Waals surface area (Å²) in [7, 11) is -3.50. The highest BCUT2D eigenvalue weighted by molar-refractivity contribution is 7.89. The number of imidazole rings is 1. The second kappa shape index (κ2) is 5.61. The lowest BCUT2D eigenvalue weighted by Gasteiger charge is -2.03. The van der Waals surface area contributed by atoms with Gasteiger partial charge in [-0.2, -0.15) is 0 Å². The first-order chi connectivity index (χ1) is 7.49. The van der Waals surface area contributed by atoms with Crippen LogP contribution in [0.4, 0.5) is 0 Å². The zero-order chi connectivity index (χ0) is 12.0. The third kappa shape index (κ3) is 4.89. The van der Waals surface area contributed by atoms with Gasteiger partial charge in [-0.3, -0.25) is 4.79 Å². The summed E-state index contributed by atoms with van der Waals surface area (Å²) in [6.45, 7) is 0.204. The van der Waals surface area contributed by atoms with Crippen LogP contribution >= 0.6 is 0 Å². The van der Waals surface area contributed by atoms with Gasteiger partial charge in [0.05, 0.1) is 12.2 Å². The van der Waals surface area contributed by atoms with Crippen LogP contribution in [0.15, 0.2) is 12.4 Å². The van der Waals surface area contributed by atoms with Crippen molar-refractivity contribution < 1.29 is 18.3 Å². The van der Waals surface area contributed by atoms with Gasteiger partial charge in [0.2, 0.25) is 10.0 Å². The molecule has 1 heterocycles. The largest absolute Gasteiger partial charge is 0.481 e. The predicted octanol–water partition coefficient (Wildman–Crippen LogP) is -0.654. The maximum atomic E-state index is 11.3. The van der Waals surface area contributed by atoms with Crippen molar-refractivity contribution in [2.24, 2.45) is 0 Å². The van der Waals surface area contributed by atoms with E-state index in [1.807, 2.05) is 0 Å². The smallest absolute Gasteiger partial charge is 0.304 e. The molecule has 16 heavy (non-hydrogen) atoms. The fraction of sp³-hybridized carbons (Fsp3) is 0.500. The van der Waals surface area contributed by atoms with E-state index < -0.39 is 28.2 Å². The van der Waals surface area contributed by atoms with E-state index in [9.17, 15) is 13.2 Å². The van der Waals surface area contributed by atoms with Crippen molar-refractivity contribution in [3.8, 4) is 0 Å². The number of carboxylic acid groups (broad SMARTS) is 1. The van der Waals surface area contributed by atoms with Crippen LogP contribution < -0.4 is 4.72 Å². The summed E-state index contributed by atoms with van der Waals surface area (Å²) in [6, 6.07) is 0. The Hall–Kier alpha value is -1.41. The second-order valence-electron chi connectivity index (χ2n) is 3.14. The van der Waals surface area contributed by atoms with Crippen molar-refractivity contribution in [2.45, 2.75) is 12.8 Å². The lowest BCUT2D eigenvalue weighted by molar-refractivity contribution is -0.136. The van der Waals surface area contributed by atoms with Gasteiger partial charge in [-0.25, -0.2) is 18.1 Å². The molecule has 3 N–H and O–H groups in total. The molecule has 0 saturated carbocycles. The van der Waals surface area contributed by atoms with Crippen molar-refractivity contribution >= 4 is 16.0 Å². The Morgan fingerprint density at radius 3 is 2.88 bits per heavy atom.